The van der Waals surface area contributed by atoms with E-state index in [2.05, 4.69) is 43.2 Å². The molecule has 0 saturated carbocycles. The Kier molecular flexibility index (Phi) is 7.24. The van der Waals surface area contributed by atoms with Gasteiger partial charge in [-0.05, 0) is 42.6 Å². The summed E-state index contributed by atoms with van der Waals surface area (Å²) in [6.45, 7) is 10.3. The molecule has 0 aliphatic heterocycles. The number of hydrogen-bond donors (Lipinski definition) is 1. The molecule has 0 bridgehead atoms. The number of aliphatic hydroxyl groups is 1. The van der Waals surface area contributed by atoms with Crippen LogP contribution in [0.25, 0.3) is 10.4 Å². The Morgan fingerprint density at radius 1 is 1.22 bits per heavy atom. The molecule has 0 fully saturated rings. The lowest BCUT2D eigenvalue weighted by Gasteiger charge is -2.19. The highest BCUT2D eigenvalue weighted by Gasteiger charge is 2.15. The minimum Gasteiger partial charge on any atom is -0.386 e. The van der Waals surface area contributed by atoms with Gasteiger partial charge < -0.3 is 14.7 Å². The van der Waals surface area contributed by atoms with Gasteiger partial charge in [-0.3, -0.25) is 0 Å². The summed E-state index contributed by atoms with van der Waals surface area (Å²) in [5.74, 6) is 0. The van der Waals surface area contributed by atoms with Crippen LogP contribution in [0.3, 0.4) is 0 Å². The van der Waals surface area contributed by atoms with Gasteiger partial charge in [0.25, 0.3) is 0 Å². The van der Waals surface area contributed by atoms with Gasteiger partial charge in [0, 0.05) is 11.4 Å². The maximum atomic E-state index is 10.5. The van der Waals surface area contributed by atoms with E-state index >= 15 is 0 Å². The number of hydrogen-bond acceptors (Lipinski definition) is 4. The van der Waals surface area contributed by atoms with Crippen LogP contribution in [0.2, 0.25) is 0 Å². The third-order valence-corrected chi connectivity index (χ3v) is 4.98. The molecule has 1 N–H and O–H groups in total. The molecular weight excluding hydrogens is 306 g/mol. The highest BCUT2D eigenvalue weighted by Crippen LogP contribution is 2.32. The number of nitrogens with zero attached hydrogens (tertiary/aromatic N) is 1. The minimum absolute atomic E-state index is 0.336. The van der Waals surface area contributed by atoms with Gasteiger partial charge in [0.2, 0.25) is 0 Å². The molecule has 0 amide bonds. The maximum absolute atomic E-state index is 10.5. The number of thiophene rings is 1. The van der Waals surface area contributed by atoms with Crippen molar-refractivity contribution in [3.8, 4) is 10.4 Å². The van der Waals surface area contributed by atoms with E-state index in [1.54, 1.807) is 11.3 Å². The average Bonchev–Trinajstić information content (AvgIpc) is 3.09. The zero-order valence-corrected chi connectivity index (χ0v) is 15.1. The second kappa shape index (κ2) is 9.18. The van der Waals surface area contributed by atoms with Crippen LogP contribution in [0.4, 0.5) is 0 Å². The van der Waals surface area contributed by atoms with Gasteiger partial charge in [-0.1, -0.05) is 43.7 Å². The fraction of sp³-hybridized carbons (Fsp3) is 0.474. The predicted octanol–water partition coefficient (Wildman–Crippen LogP) is 4.12. The van der Waals surface area contributed by atoms with Crippen molar-refractivity contribution in [2.75, 3.05) is 32.8 Å². The van der Waals surface area contributed by atoms with Crippen molar-refractivity contribution in [2.24, 2.45) is 0 Å². The largest absolute Gasteiger partial charge is 0.386 e. The van der Waals surface area contributed by atoms with Gasteiger partial charge in [0.15, 0.2) is 0 Å². The van der Waals surface area contributed by atoms with Crippen molar-refractivity contribution in [3.05, 3.63) is 46.8 Å². The van der Waals surface area contributed by atoms with E-state index in [4.69, 9.17) is 4.74 Å². The summed E-state index contributed by atoms with van der Waals surface area (Å²) in [5.41, 5.74) is 3.26. The second-order valence-corrected chi connectivity index (χ2v) is 6.63. The number of ether oxygens (including phenoxy) is 1. The summed E-state index contributed by atoms with van der Waals surface area (Å²) >= 11 is 1.70. The van der Waals surface area contributed by atoms with Crippen molar-refractivity contribution in [1.82, 2.24) is 4.90 Å². The summed E-state index contributed by atoms with van der Waals surface area (Å²) < 4.78 is 5.70. The molecule has 126 valence electrons. The molecule has 4 heteroatoms. The van der Waals surface area contributed by atoms with Gasteiger partial charge in [-0.25, -0.2) is 0 Å². The average molecular weight is 333 g/mol. The number of aryl methyl sites for hydroxylation is 1. The Balaban J connectivity index is 1.98. The first-order valence-electron chi connectivity index (χ1n) is 8.28. The van der Waals surface area contributed by atoms with Crippen LogP contribution in [0.1, 0.15) is 31.1 Å². The Morgan fingerprint density at radius 2 is 2.00 bits per heavy atom. The molecule has 2 rings (SSSR count). The first kappa shape index (κ1) is 18.1. The molecule has 2 aromatic rings. The molecule has 1 unspecified atom stereocenters. The van der Waals surface area contributed by atoms with Crippen LogP contribution < -0.4 is 0 Å². The molecule has 1 aromatic heterocycles. The Bertz CT molecular complexity index is 579. The van der Waals surface area contributed by atoms with E-state index in [0.717, 1.165) is 30.8 Å². The highest BCUT2D eigenvalue weighted by atomic mass is 32.1. The second-order valence-electron chi connectivity index (χ2n) is 5.69. The van der Waals surface area contributed by atoms with Gasteiger partial charge in [-0.15, -0.1) is 11.3 Å². The lowest BCUT2D eigenvalue weighted by molar-refractivity contribution is 0.0276. The molecule has 0 spiro atoms. The fourth-order valence-electron chi connectivity index (χ4n) is 2.62. The number of rotatable bonds is 9. The van der Waals surface area contributed by atoms with Crippen molar-refractivity contribution < 1.29 is 9.84 Å². The molecule has 0 radical (unpaired) electrons. The van der Waals surface area contributed by atoms with Gasteiger partial charge >= 0.3 is 0 Å². The summed E-state index contributed by atoms with van der Waals surface area (Å²) in [4.78, 5) is 3.50. The lowest BCUT2D eigenvalue weighted by atomic mass is 9.99. The quantitative estimate of drug-likeness (QED) is 0.701. The van der Waals surface area contributed by atoms with E-state index in [1.807, 2.05) is 18.2 Å². The van der Waals surface area contributed by atoms with Gasteiger partial charge in [0.05, 0.1) is 13.2 Å². The standard InChI is InChI=1S/C19H27NO2S/c1-4-20(5-2)10-11-22-14-18(21)16-9-8-15(3)13-17(16)19-7-6-12-23-19/h6-9,12-13,18,21H,4-5,10-11,14H2,1-3H3. The van der Waals surface area contributed by atoms with Gasteiger partial charge in [0.1, 0.15) is 6.10 Å². The van der Waals surface area contributed by atoms with E-state index in [-0.39, 0.29) is 0 Å². The molecule has 1 aromatic carbocycles. The maximum Gasteiger partial charge on any atom is 0.103 e. The van der Waals surface area contributed by atoms with E-state index in [1.165, 1.54) is 10.4 Å². The topological polar surface area (TPSA) is 32.7 Å². The summed E-state index contributed by atoms with van der Waals surface area (Å²) in [6.07, 6.45) is -0.593. The number of aliphatic hydroxyl groups excluding tert-OH is 1. The first-order chi connectivity index (χ1) is 11.2. The van der Waals surface area contributed by atoms with E-state index in [9.17, 15) is 5.11 Å². The smallest absolute Gasteiger partial charge is 0.103 e. The molecule has 0 aliphatic carbocycles. The molecule has 3 nitrogen and oxygen atoms in total. The third kappa shape index (κ3) is 5.15. The zero-order valence-electron chi connectivity index (χ0n) is 14.3. The van der Waals surface area contributed by atoms with E-state index < -0.39 is 6.10 Å². The lowest BCUT2D eigenvalue weighted by Crippen LogP contribution is -2.27. The first-order valence-corrected chi connectivity index (χ1v) is 9.16. The normalized spacial score (nSPS) is 12.7. The molecular formula is C19H27NO2S. The van der Waals surface area contributed by atoms with Crippen molar-refractivity contribution in [2.45, 2.75) is 26.9 Å². The highest BCUT2D eigenvalue weighted by molar-refractivity contribution is 7.13. The van der Waals surface area contributed by atoms with Crippen LogP contribution in [-0.2, 0) is 4.74 Å². The third-order valence-electron chi connectivity index (χ3n) is 4.08. The van der Waals surface area contributed by atoms with Gasteiger partial charge in [-0.2, -0.15) is 0 Å². The minimum atomic E-state index is -0.593. The fourth-order valence-corrected chi connectivity index (χ4v) is 3.39. The number of benzene rings is 1. The molecule has 1 atom stereocenters. The summed E-state index contributed by atoms with van der Waals surface area (Å²) in [7, 11) is 0. The van der Waals surface area contributed by atoms with Crippen LogP contribution in [-0.4, -0.2) is 42.9 Å². The Morgan fingerprint density at radius 3 is 2.65 bits per heavy atom. The molecule has 1 heterocycles. The zero-order chi connectivity index (χ0) is 16.7. The van der Waals surface area contributed by atoms with Crippen LogP contribution in [0.5, 0.6) is 0 Å². The van der Waals surface area contributed by atoms with E-state index in [0.29, 0.717) is 13.2 Å². The monoisotopic (exact) mass is 333 g/mol. The number of likely N-dealkylation sites (N-methyl/N-ethyl adjacent to an activating group) is 1. The van der Waals surface area contributed by atoms with Crippen molar-refractivity contribution in [1.29, 1.82) is 0 Å². The Hall–Kier alpha value is -1.20. The molecule has 0 saturated heterocycles. The Labute approximate surface area is 143 Å². The van der Waals surface area contributed by atoms with Crippen molar-refractivity contribution in [3.63, 3.8) is 0 Å². The molecule has 23 heavy (non-hydrogen) atoms. The summed E-state index contributed by atoms with van der Waals surface area (Å²) in [6, 6.07) is 10.3. The molecule has 0 aliphatic rings. The predicted molar refractivity (Wildman–Crippen MR) is 98.1 cm³/mol. The van der Waals surface area contributed by atoms with Crippen molar-refractivity contribution >= 4 is 11.3 Å². The van der Waals surface area contributed by atoms with Crippen LogP contribution >= 0.6 is 11.3 Å². The SMILES string of the molecule is CCN(CC)CCOCC(O)c1ccc(C)cc1-c1cccs1. The van der Waals surface area contributed by atoms with Crippen LogP contribution in [0.15, 0.2) is 35.7 Å². The van der Waals surface area contributed by atoms with Crippen LogP contribution in [0, 0.1) is 6.92 Å². The summed E-state index contributed by atoms with van der Waals surface area (Å²) in [5, 5.41) is 12.6.